The van der Waals surface area contributed by atoms with Gasteiger partial charge in [-0.05, 0) is 30.1 Å². The molecule has 0 aliphatic heterocycles. The average Bonchev–Trinajstić information content (AvgIpc) is 2.82. The number of nitrogens with two attached hydrogens (primary N) is 2. The van der Waals surface area contributed by atoms with Crippen molar-refractivity contribution in [2.24, 2.45) is 10.9 Å². The average molecular weight is 261 g/mol. The summed E-state index contributed by atoms with van der Waals surface area (Å²) in [5.74, 6) is 2.56. The van der Waals surface area contributed by atoms with Gasteiger partial charge in [-0.3, -0.25) is 5.14 Å². The zero-order chi connectivity index (χ0) is 13.1. The Morgan fingerprint density at radius 1 is 1.50 bits per heavy atom. The van der Waals surface area contributed by atoms with Crippen LogP contribution in [-0.2, 0) is 0 Å². The third kappa shape index (κ3) is 2.08. The predicted molar refractivity (Wildman–Crippen MR) is 75.1 cm³/mol. The van der Waals surface area contributed by atoms with E-state index in [2.05, 4.69) is 10.9 Å². The molecule has 92 valence electrons. The van der Waals surface area contributed by atoms with Crippen molar-refractivity contribution in [3.63, 3.8) is 0 Å². The largest absolute Gasteiger partial charge is 0.397 e. The minimum atomic E-state index is -0.686. The molecule has 0 atom stereocenters. The van der Waals surface area contributed by atoms with Gasteiger partial charge in [-0.2, -0.15) is 0 Å². The molecule has 0 fully saturated rings. The molecule has 0 radical (unpaired) electrons. The van der Waals surface area contributed by atoms with Crippen molar-refractivity contribution in [3.05, 3.63) is 40.4 Å². The number of benzene rings is 1. The number of halogens is 1. The molecule has 2 rings (SSSR count). The van der Waals surface area contributed by atoms with Gasteiger partial charge in [-0.25, -0.2) is 4.39 Å². The van der Waals surface area contributed by atoms with Crippen LogP contribution >= 0.6 is 11.9 Å². The van der Waals surface area contributed by atoms with E-state index in [1.54, 1.807) is 6.20 Å². The standard InChI is InChI=1S/C13H12FN3S/c1-2-8-3-4-11-9(5-8)10(7-17-11)13(15)12(6-14)18-16/h1,3-5,7,17H,6,15-16H2/b13-12-. The molecular weight excluding hydrogens is 249 g/mol. The maximum atomic E-state index is 12.8. The van der Waals surface area contributed by atoms with E-state index in [4.69, 9.17) is 17.3 Å². The molecule has 3 nitrogen and oxygen atoms in total. The summed E-state index contributed by atoms with van der Waals surface area (Å²) in [4.78, 5) is 3.38. The van der Waals surface area contributed by atoms with E-state index in [0.717, 1.165) is 28.4 Å². The highest BCUT2D eigenvalue weighted by Gasteiger charge is 2.11. The quantitative estimate of drug-likeness (QED) is 0.587. The van der Waals surface area contributed by atoms with Crippen molar-refractivity contribution >= 4 is 28.5 Å². The van der Waals surface area contributed by atoms with E-state index < -0.39 is 6.67 Å². The van der Waals surface area contributed by atoms with Gasteiger partial charge in [-0.15, -0.1) is 6.42 Å². The lowest BCUT2D eigenvalue weighted by molar-refractivity contribution is 0.557. The lowest BCUT2D eigenvalue weighted by Gasteiger charge is -2.05. The highest BCUT2D eigenvalue weighted by atomic mass is 32.2. The Balaban J connectivity index is 2.65. The number of nitrogens with one attached hydrogen (secondary N) is 1. The molecule has 1 aromatic heterocycles. The molecule has 5 N–H and O–H groups in total. The van der Waals surface area contributed by atoms with E-state index in [1.807, 2.05) is 18.2 Å². The van der Waals surface area contributed by atoms with Crippen molar-refractivity contribution in [3.8, 4) is 12.3 Å². The molecule has 0 saturated carbocycles. The summed E-state index contributed by atoms with van der Waals surface area (Å²) in [6.07, 6.45) is 7.09. The summed E-state index contributed by atoms with van der Waals surface area (Å²) in [6.45, 7) is -0.686. The Bertz CT molecular complexity index is 646. The van der Waals surface area contributed by atoms with E-state index >= 15 is 0 Å². The summed E-state index contributed by atoms with van der Waals surface area (Å²) < 4.78 is 12.8. The van der Waals surface area contributed by atoms with Crippen LogP contribution in [0.15, 0.2) is 29.3 Å². The fourth-order valence-electron chi connectivity index (χ4n) is 1.75. The van der Waals surface area contributed by atoms with Crippen LogP contribution in [0.4, 0.5) is 4.39 Å². The van der Waals surface area contributed by atoms with Crippen LogP contribution in [0.1, 0.15) is 11.1 Å². The van der Waals surface area contributed by atoms with Crippen molar-refractivity contribution in [1.29, 1.82) is 0 Å². The zero-order valence-electron chi connectivity index (χ0n) is 9.53. The number of aromatic nitrogens is 1. The van der Waals surface area contributed by atoms with Gasteiger partial charge in [-0.1, -0.05) is 5.92 Å². The van der Waals surface area contributed by atoms with Gasteiger partial charge >= 0.3 is 0 Å². The highest BCUT2D eigenvalue weighted by Crippen LogP contribution is 2.27. The number of H-pyrrole nitrogens is 1. The predicted octanol–water partition coefficient (Wildman–Crippen LogP) is 2.35. The third-order valence-electron chi connectivity index (χ3n) is 2.70. The summed E-state index contributed by atoms with van der Waals surface area (Å²) in [7, 11) is 0. The molecule has 5 heteroatoms. The first-order valence-corrected chi connectivity index (χ1v) is 6.08. The Labute approximate surface area is 109 Å². The van der Waals surface area contributed by atoms with E-state index in [0.29, 0.717) is 16.2 Å². The number of alkyl halides is 1. The number of hydrogen-bond acceptors (Lipinski definition) is 3. The van der Waals surface area contributed by atoms with E-state index in [9.17, 15) is 4.39 Å². The second-order valence-electron chi connectivity index (χ2n) is 3.70. The summed E-state index contributed by atoms with van der Waals surface area (Å²) >= 11 is 0.820. The molecule has 18 heavy (non-hydrogen) atoms. The van der Waals surface area contributed by atoms with E-state index in [1.165, 1.54) is 0 Å². The number of allylic oxidation sites excluding steroid dienone is 1. The van der Waals surface area contributed by atoms with Crippen LogP contribution < -0.4 is 10.9 Å². The summed E-state index contributed by atoms with van der Waals surface area (Å²) in [6, 6.07) is 5.54. The second-order valence-corrected chi connectivity index (χ2v) is 4.42. The Kier molecular flexibility index (Phi) is 3.60. The maximum absolute atomic E-state index is 12.8. The molecule has 0 aliphatic carbocycles. The number of terminal acetylenes is 1. The van der Waals surface area contributed by atoms with Gasteiger partial charge in [0.05, 0.1) is 10.6 Å². The molecule has 0 unspecified atom stereocenters. The molecule has 2 aromatic rings. The van der Waals surface area contributed by atoms with Gasteiger partial charge in [0.25, 0.3) is 0 Å². The molecule has 1 heterocycles. The number of hydrogen-bond donors (Lipinski definition) is 3. The Morgan fingerprint density at radius 2 is 2.28 bits per heavy atom. The van der Waals surface area contributed by atoms with Crippen molar-refractivity contribution < 1.29 is 4.39 Å². The van der Waals surface area contributed by atoms with Crippen LogP contribution in [0.25, 0.3) is 16.6 Å². The second kappa shape index (κ2) is 5.17. The normalized spacial score (nSPS) is 12.3. The van der Waals surface area contributed by atoms with Crippen molar-refractivity contribution in [2.45, 2.75) is 0 Å². The van der Waals surface area contributed by atoms with Gasteiger partial charge in [0.1, 0.15) is 6.67 Å². The fourth-order valence-corrected chi connectivity index (χ4v) is 2.05. The number of fused-ring (bicyclic) bond motifs is 1. The lowest BCUT2D eigenvalue weighted by atomic mass is 10.1. The first-order valence-electron chi connectivity index (χ1n) is 5.20. The molecule has 1 aromatic carbocycles. The molecular formula is C13H12FN3S. The van der Waals surface area contributed by atoms with Gasteiger partial charge < -0.3 is 10.7 Å². The first-order chi connectivity index (χ1) is 8.71. The highest BCUT2D eigenvalue weighted by molar-refractivity contribution is 8.01. The Morgan fingerprint density at radius 3 is 2.89 bits per heavy atom. The lowest BCUT2D eigenvalue weighted by Crippen LogP contribution is -2.02. The van der Waals surface area contributed by atoms with Crippen LogP contribution in [0.5, 0.6) is 0 Å². The summed E-state index contributed by atoms with van der Waals surface area (Å²) in [5, 5.41) is 6.25. The SMILES string of the molecule is C#Cc1ccc2[nH]cc(/C(N)=C(\CF)SN)c2c1. The molecule has 0 bridgehead atoms. The zero-order valence-corrected chi connectivity index (χ0v) is 10.4. The van der Waals surface area contributed by atoms with Gasteiger partial charge in [0.15, 0.2) is 0 Å². The number of aromatic amines is 1. The van der Waals surface area contributed by atoms with Crippen molar-refractivity contribution in [1.82, 2.24) is 4.98 Å². The number of rotatable bonds is 3. The van der Waals surface area contributed by atoms with Crippen LogP contribution in [0.2, 0.25) is 0 Å². The molecule has 0 aliphatic rings. The van der Waals surface area contributed by atoms with Gasteiger partial charge in [0.2, 0.25) is 0 Å². The molecule has 0 spiro atoms. The molecule has 0 saturated heterocycles. The summed E-state index contributed by atoms with van der Waals surface area (Å²) in [5.41, 5.74) is 8.63. The smallest absolute Gasteiger partial charge is 0.124 e. The van der Waals surface area contributed by atoms with E-state index in [-0.39, 0.29) is 0 Å². The minimum absolute atomic E-state index is 0.307. The minimum Gasteiger partial charge on any atom is -0.397 e. The van der Waals surface area contributed by atoms with Crippen molar-refractivity contribution in [2.75, 3.05) is 6.67 Å². The monoisotopic (exact) mass is 261 g/mol. The van der Waals surface area contributed by atoms with Gasteiger partial charge in [0, 0.05) is 28.2 Å². The topological polar surface area (TPSA) is 67.8 Å². The Hall–Kier alpha value is -1.90. The fraction of sp³-hybridized carbons (Fsp3) is 0.0769. The first kappa shape index (κ1) is 12.6. The third-order valence-corrected chi connectivity index (χ3v) is 3.32. The van der Waals surface area contributed by atoms with Crippen LogP contribution in [0.3, 0.4) is 0 Å². The van der Waals surface area contributed by atoms with Crippen LogP contribution in [-0.4, -0.2) is 11.7 Å². The maximum Gasteiger partial charge on any atom is 0.124 e. The van der Waals surface area contributed by atoms with Crippen LogP contribution in [0, 0.1) is 12.3 Å². The molecule has 0 amide bonds.